The predicted octanol–water partition coefficient (Wildman–Crippen LogP) is 4.63. The Morgan fingerprint density at radius 1 is 0.818 bits per heavy atom. The maximum atomic E-state index is 5.99. The molecule has 22 heavy (non-hydrogen) atoms. The van der Waals surface area contributed by atoms with Crippen molar-refractivity contribution in [3.63, 3.8) is 0 Å². The molecule has 0 bridgehead atoms. The van der Waals surface area contributed by atoms with E-state index in [9.17, 15) is 0 Å². The van der Waals surface area contributed by atoms with Crippen LogP contribution < -0.4 is 19.5 Å². The van der Waals surface area contributed by atoms with E-state index in [0.29, 0.717) is 33.8 Å². The molecule has 1 N–H and O–H groups in total. The number of nitrogens with one attached hydrogen (secondary N) is 1. The number of ether oxygens (including phenoxy) is 3. The highest BCUT2D eigenvalue weighted by Gasteiger charge is 2.13. The van der Waals surface area contributed by atoms with Crippen LogP contribution in [0.25, 0.3) is 0 Å². The van der Waals surface area contributed by atoms with Crippen molar-refractivity contribution in [3.05, 3.63) is 45.9 Å². The zero-order valence-corrected chi connectivity index (χ0v) is 14.1. The first-order valence-electron chi connectivity index (χ1n) is 6.56. The summed E-state index contributed by atoms with van der Waals surface area (Å²) in [6.07, 6.45) is 0. The van der Waals surface area contributed by atoms with Crippen LogP contribution in [0.1, 0.15) is 5.56 Å². The summed E-state index contributed by atoms with van der Waals surface area (Å²) in [6.45, 7) is 0.563. The lowest BCUT2D eigenvalue weighted by molar-refractivity contribution is 0.324. The van der Waals surface area contributed by atoms with E-state index >= 15 is 0 Å². The lowest BCUT2D eigenvalue weighted by Gasteiger charge is -2.15. The Kier molecular flexibility index (Phi) is 5.63. The molecule has 0 radical (unpaired) electrons. The molecule has 0 aromatic heterocycles. The second kappa shape index (κ2) is 7.47. The van der Waals surface area contributed by atoms with Crippen LogP contribution in [-0.4, -0.2) is 21.3 Å². The number of methoxy groups -OCH3 is 3. The van der Waals surface area contributed by atoms with Gasteiger partial charge in [-0.05, 0) is 35.9 Å². The summed E-state index contributed by atoms with van der Waals surface area (Å²) in [5, 5.41) is 4.43. The molecular formula is C16H17Cl2NO3. The van der Waals surface area contributed by atoms with E-state index in [2.05, 4.69) is 5.32 Å². The van der Waals surface area contributed by atoms with Crippen LogP contribution in [0.3, 0.4) is 0 Å². The van der Waals surface area contributed by atoms with E-state index in [-0.39, 0.29) is 0 Å². The first-order valence-corrected chi connectivity index (χ1v) is 7.31. The fraction of sp³-hybridized carbons (Fsp3) is 0.250. The molecule has 4 nitrogen and oxygen atoms in total. The first-order chi connectivity index (χ1) is 10.6. The topological polar surface area (TPSA) is 39.7 Å². The number of anilines is 1. The van der Waals surface area contributed by atoms with E-state index in [4.69, 9.17) is 37.4 Å². The number of benzene rings is 2. The van der Waals surface area contributed by atoms with E-state index in [0.717, 1.165) is 11.3 Å². The van der Waals surface area contributed by atoms with Gasteiger partial charge in [-0.1, -0.05) is 23.2 Å². The van der Waals surface area contributed by atoms with Crippen LogP contribution in [0, 0.1) is 0 Å². The molecule has 0 aliphatic rings. The van der Waals surface area contributed by atoms with Crippen molar-refractivity contribution in [3.8, 4) is 17.2 Å². The zero-order chi connectivity index (χ0) is 16.1. The normalized spacial score (nSPS) is 10.2. The molecule has 6 heteroatoms. The maximum Gasteiger partial charge on any atom is 0.203 e. The third-order valence-corrected chi connectivity index (χ3v) is 3.52. The molecule has 0 fully saturated rings. The minimum absolute atomic E-state index is 0.563. The van der Waals surface area contributed by atoms with Gasteiger partial charge in [0.05, 0.1) is 21.3 Å². The summed E-state index contributed by atoms with van der Waals surface area (Å²) >= 11 is 12.0. The van der Waals surface area contributed by atoms with Gasteiger partial charge in [-0.25, -0.2) is 0 Å². The lowest BCUT2D eigenvalue weighted by Crippen LogP contribution is -2.02. The molecule has 0 unspecified atom stereocenters. The van der Waals surface area contributed by atoms with Gasteiger partial charge in [0.25, 0.3) is 0 Å². The second-order valence-corrected chi connectivity index (χ2v) is 5.42. The standard InChI is InChI=1S/C16H17Cl2NO3/c1-20-14-4-10(5-15(21-2)16(14)22-3)9-19-13-7-11(17)6-12(18)8-13/h4-8,19H,9H2,1-3H3. The highest BCUT2D eigenvalue weighted by atomic mass is 35.5. The van der Waals surface area contributed by atoms with Gasteiger partial charge in [-0.3, -0.25) is 0 Å². The summed E-state index contributed by atoms with van der Waals surface area (Å²) in [5.41, 5.74) is 1.82. The minimum atomic E-state index is 0.563. The van der Waals surface area contributed by atoms with Crippen molar-refractivity contribution in [2.24, 2.45) is 0 Å². The Morgan fingerprint density at radius 2 is 1.36 bits per heavy atom. The van der Waals surface area contributed by atoms with E-state index in [1.807, 2.05) is 24.3 Å². The van der Waals surface area contributed by atoms with Gasteiger partial charge >= 0.3 is 0 Å². The summed E-state index contributed by atoms with van der Waals surface area (Å²) in [7, 11) is 4.75. The van der Waals surface area contributed by atoms with Crippen LogP contribution in [-0.2, 0) is 6.54 Å². The van der Waals surface area contributed by atoms with Gasteiger partial charge in [-0.2, -0.15) is 0 Å². The van der Waals surface area contributed by atoms with E-state index < -0.39 is 0 Å². The van der Waals surface area contributed by atoms with Gasteiger partial charge in [0.15, 0.2) is 11.5 Å². The monoisotopic (exact) mass is 341 g/mol. The smallest absolute Gasteiger partial charge is 0.203 e. The highest BCUT2D eigenvalue weighted by molar-refractivity contribution is 6.35. The molecule has 0 aliphatic carbocycles. The van der Waals surface area contributed by atoms with Crippen molar-refractivity contribution in [2.45, 2.75) is 6.54 Å². The van der Waals surface area contributed by atoms with Crippen molar-refractivity contribution >= 4 is 28.9 Å². The summed E-state index contributed by atoms with van der Waals surface area (Å²) in [4.78, 5) is 0. The summed E-state index contributed by atoms with van der Waals surface area (Å²) < 4.78 is 16.0. The van der Waals surface area contributed by atoms with Gasteiger partial charge in [0.1, 0.15) is 0 Å². The molecular weight excluding hydrogens is 325 g/mol. The third kappa shape index (κ3) is 3.90. The molecule has 0 atom stereocenters. The molecule has 0 aliphatic heterocycles. The van der Waals surface area contributed by atoms with E-state index in [1.54, 1.807) is 27.4 Å². The second-order valence-electron chi connectivity index (χ2n) is 4.55. The number of hydrogen-bond donors (Lipinski definition) is 1. The molecule has 0 spiro atoms. The van der Waals surface area contributed by atoms with Gasteiger partial charge in [-0.15, -0.1) is 0 Å². The van der Waals surface area contributed by atoms with Gasteiger partial charge in [0.2, 0.25) is 5.75 Å². The molecule has 0 heterocycles. The number of rotatable bonds is 6. The first kappa shape index (κ1) is 16.6. The fourth-order valence-corrected chi connectivity index (χ4v) is 2.62. The van der Waals surface area contributed by atoms with Crippen molar-refractivity contribution in [1.82, 2.24) is 0 Å². The van der Waals surface area contributed by atoms with Crippen LogP contribution in [0.15, 0.2) is 30.3 Å². The Morgan fingerprint density at radius 3 is 1.82 bits per heavy atom. The SMILES string of the molecule is COc1cc(CNc2cc(Cl)cc(Cl)c2)cc(OC)c1OC. The summed E-state index contributed by atoms with van der Waals surface area (Å²) in [6, 6.07) is 9.09. The zero-order valence-electron chi connectivity index (χ0n) is 12.6. The fourth-order valence-electron chi connectivity index (χ4n) is 2.10. The average Bonchev–Trinajstić information content (AvgIpc) is 2.50. The Balaban J connectivity index is 2.22. The van der Waals surface area contributed by atoms with Crippen LogP contribution in [0.4, 0.5) is 5.69 Å². The van der Waals surface area contributed by atoms with E-state index in [1.165, 1.54) is 0 Å². The largest absolute Gasteiger partial charge is 0.493 e. The Bertz CT molecular complexity index is 617. The maximum absolute atomic E-state index is 5.99. The van der Waals surface area contributed by atoms with Crippen molar-refractivity contribution in [1.29, 1.82) is 0 Å². The molecule has 0 amide bonds. The molecule has 0 saturated carbocycles. The average molecular weight is 342 g/mol. The van der Waals surface area contributed by atoms with Crippen LogP contribution in [0.2, 0.25) is 10.0 Å². The summed E-state index contributed by atoms with van der Waals surface area (Å²) in [5.74, 6) is 1.80. The quantitative estimate of drug-likeness (QED) is 0.831. The number of halogens is 2. The highest BCUT2D eigenvalue weighted by Crippen LogP contribution is 2.38. The van der Waals surface area contributed by atoms with Crippen molar-refractivity contribution in [2.75, 3.05) is 26.6 Å². The third-order valence-electron chi connectivity index (χ3n) is 3.08. The molecule has 0 saturated heterocycles. The Labute approximate surface area is 139 Å². The minimum Gasteiger partial charge on any atom is -0.493 e. The molecule has 118 valence electrons. The molecule has 2 rings (SSSR count). The van der Waals surface area contributed by atoms with Gasteiger partial charge < -0.3 is 19.5 Å². The number of hydrogen-bond acceptors (Lipinski definition) is 4. The van der Waals surface area contributed by atoms with Crippen LogP contribution >= 0.6 is 23.2 Å². The lowest BCUT2D eigenvalue weighted by atomic mass is 10.1. The van der Waals surface area contributed by atoms with Crippen molar-refractivity contribution < 1.29 is 14.2 Å². The Hall–Kier alpha value is -1.78. The molecule has 2 aromatic rings. The van der Waals surface area contributed by atoms with Crippen LogP contribution in [0.5, 0.6) is 17.2 Å². The van der Waals surface area contributed by atoms with Gasteiger partial charge in [0, 0.05) is 22.3 Å². The molecule has 2 aromatic carbocycles. The predicted molar refractivity (Wildman–Crippen MR) is 89.9 cm³/mol.